The summed E-state index contributed by atoms with van der Waals surface area (Å²) >= 11 is 0. The molecule has 0 bridgehead atoms. The molecule has 2 unspecified atom stereocenters. The Hall–Kier alpha value is -0.870. The van der Waals surface area contributed by atoms with Gasteiger partial charge in [0.15, 0.2) is 0 Å². The minimum Gasteiger partial charge on any atom is -0.313 e. The maximum Gasteiger partial charge on any atom is 0.0538 e. The maximum atomic E-state index is 4.17. The summed E-state index contributed by atoms with van der Waals surface area (Å²) < 4.78 is 1.84. The Morgan fingerprint density at radius 1 is 1.54 bits per heavy atom. The fraction of sp³-hybridized carbons (Fsp3) is 0.667. The molecular weight excluding hydrogens is 164 g/mol. The third-order valence-electron chi connectivity index (χ3n) is 2.41. The topological polar surface area (TPSA) is 41.9 Å². The van der Waals surface area contributed by atoms with E-state index in [4.69, 9.17) is 0 Å². The van der Waals surface area contributed by atoms with E-state index in [0.717, 1.165) is 13.1 Å². The molecule has 0 amide bonds. The molecule has 1 aromatic rings. The lowest BCUT2D eigenvalue weighted by Gasteiger charge is -2.28. The van der Waals surface area contributed by atoms with Crippen molar-refractivity contribution in [1.82, 2.24) is 20.4 Å². The Morgan fingerprint density at radius 3 is 3.00 bits per heavy atom. The standard InChI is InChI=1S/C9H16N4/c1-7-3-10-5-9(12-7)8-4-11-13(2)6-8/h4,6-7,9-10,12H,3,5H2,1-2H3. The summed E-state index contributed by atoms with van der Waals surface area (Å²) in [5.41, 5.74) is 1.27. The maximum absolute atomic E-state index is 4.17. The Labute approximate surface area is 78.3 Å². The van der Waals surface area contributed by atoms with Gasteiger partial charge >= 0.3 is 0 Å². The molecule has 2 heterocycles. The van der Waals surface area contributed by atoms with Gasteiger partial charge in [-0.05, 0) is 6.92 Å². The number of hydrogen-bond acceptors (Lipinski definition) is 3. The van der Waals surface area contributed by atoms with E-state index >= 15 is 0 Å². The molecule has 0 radical (unpaired) electrons. The van der Waals surface area contributed by atoms with Crippen molar-refractivity contribution in [2.45, 2.75) is 19.0 Å². The van der Waals surface area contributed by atoms with Crippen LogP contribution in [0.4, 0.5) is 0 Å². The van der Waals surface area contributed by atoms with Gasteiger partial charge in [0.1, 0.15) is 0 Å². The SMILES string of the molecule is CC1CNCC(c2cnn(C)c2)N1. The molecule has 1 aliphatic heterocycles. The second-order valence-electron chi connectivity index (χ2n) is 3.73. The molecule has 2 rings (SSSR count). The Bertz CT molecular complexity index is 281. The molecule has 1 saturated heterocycles. The predicted octanol–water partition coefficient (Wildman–Crippen LogP) is 0.0425. The number of rotatable bonds is 1. The molecule has 0 spiro atoms. The normalized spacial score (nSPS) is 29.1. The van der Waals surface area contributed by atoms with Crippen LogP contribution >= 0.6 is 0 Å². The van der Waals surface area contributed by atoms with E-state index in [-0.39, 0.29) is 0 Å². The zero-order valence-electron chi connectivity index (χ0n) is 8.12. The van der Waals surface area contributed by atoms with Gasteiger partial charge in [-0.1, -0.05) is 0 Å². The van der Waals surface area contributed by atoms with Gasteiger partial charge in [-0.25, -0.2) is 0 Å². The van der Waals surface area contributed by atoms with E-state index in [1.54, 1.807) is 0 Å². The fourth-order valence-electron chi connectivity index (χ4n) is 1.74. The second-order valence-corrected chi connectivity index (χ2v) is 3.73. The van der Waals surface area contributed by atoms with Gasteiger partial charge in [0.05, 0.1) is 6.20 Å². The molecule has 0 saturated carbocycles. The van der Waals surface area contributed by atoms with E-state index in [1.807, 2.05) is 17.9 Å². The number of hydrogen-bond donors (Lipinski definition) is 2. The number of nitrogens with one attached hydrogen (secondary N) is 2. The van der Waals surface area contributed by atoms with Crippen molar-refractivity contribution in [1.29, 1.82) is 0 Å². The van der Waals surface area contributed by atoms with Crippen LogP contribution in [0.25, 0.3) is 0 Å². The average Bonchev–Trinajstić information content (AvgIpc) is 2.52. The Morgan fingerprint density at radius 2 is 2.38 bits per heavy atom. The molecule has 1 aromatic heterocycles. The highest BCUT2D eigenvalue weighted by Crippen LogP contribution is 2.13. The summed E-state index contributed by atoms with van der Waals surface area (Å²) in [4.78, 5) is 0. The van der Waals surface area contributed by atoms with Crippen LogP contribution in [-0.2, 0) is 7.05 Å². The van der Waals surface area contributed by atoms with Crippen LogP contribution in [0.3, 0.4) is 0 Å². The van der Waals surface area contributed by atoms with Gasteiger partial charge in [0.2, 0.25) is 0 Å². The molecule has 72 valence electrons. The second kappa shape index (κ2) is 3.47. The van der Waals surface area contributed by atoms with Crippen molar-refractivity contribution in [3.05, 3.63) is 18.0 Å². The first kappa shape index (κ1) is 8.72. The lowest BCUT2D eigenvalue weighted by molar-refractivity contribution is 0.360. The van der Waals surface area contributed by atoms with E-state index in [2.05, 4.69) is 28.9 Å². The molecule has 1 aliphatic rings. The zero-order chi connectivity index (χ0) is 9.26. The molecule has 13 heavy (non-hydrogen) atoms. The van der Waals surface area contributed by atoms with Crippen LogP contribution in [0, 0.1) is 0 Å². The smallest absolute Gasteiger partial charge is 0.0538 e. The molecule has 2 N–H and O–H groups in total. The summed E-state index contributed by atoms with van der Waals surface area (Å²) in [5, 5.41) is 11.1. The molecule has 2 atom stereocenters. The van der Waals surface area contributed by atoms with E-state index in [9.17, 15) is 0 Å². The summed E-state index contributed by atoms with van der Waals surface area (Å²) in [7, 11) is 1.95. The molecule has 1 fully saturated rings. The third-order valence-corrected chi connectivity index (χ3v) is 2.41. The molecule has 0 aromatic carbocycles. The first-order valence-corrected chi connectivity index (χ1v) is 4.71. The summed E-state index contributed by atoms with van der Waals surface area (Å²) in [5.74, 6) is 0. The summed E-state index contributed by atoms with van der Waals surface area (Å²) in [6, 6.07) is 0.955. The highest BCUT2D eigenvalue weighted by Gasteiger charge is 2.19. The van der Waals surface area contributed by atoms with Gasteiger partial charge in [0.25, 0.3) is 0 Å². The first-order valence-electron chi connectivity index (χ1n) is 4.71. The van der Waals surface area contributed by atoms with Crippen LogP contribution in [0.15, 0.2) is 12.4 Å². The Balaban J connectivity index is 2.08. The average molecular weight is 180 g/mol. The van der Waals surface area contributed by atoms with Crippen LogP contribution < -0.4 is 10.6 Å². The van der Waals surface area contributed by atoms with Gasteiger partial charge < -0.3 is 10.6 Å². The molecule has 4 nitrogen and oxygen atoms in total. The van der Waals surface area contributed by atoms with Crippen molar-refractivity contribution in [3.8, 4) is 0 Å². The van der Waals surface area contributed by atoms with Crippen molar-refractivity contribution in [2.24, 2.45) is 7.05 Å². The number of nitrogens with zero attached hydrogens (tertiary/aromatic N) is 2. The first-order chi connectivity index (χ1) is 6.25. The number of piperazine rings is 1. The third kappa shape index (κ3) is 1.89. The van der Waals surface area contributed by atoms with Gasteiger partial charge in [-0.3, -0.25) is 4.68 Å². The zero-order valence-corrected chi connectivity index (χ0v) is 8.12. The van der Waals surface area contributed by atoms with Crippen molar-refractivity contribution >= 4 is 0 Å². The lowest BCUT2D eigenvalue weighted by atomic mass is 10.1. The molecule has 0 aliphatic carbocycles. The minimum absolute atomic E-state index is 0.414. The van der Waals surface area contributed by atoms with E-state index < -0.39 is 0 Å². The van der Waals surface area contributed by atoms with Gasteiger partial charge in [-0.15, -0.1) is 0 Å². The van der Waals surface area contributed by atoms with Gasteiger partial charge in [0, 0.05) is 44.0 Å². The highest BCUT2D eigenvalue weighted by atomic mass is 15.2. The van der Waals surface area contributed by atoms with Crippen LogP contribution in [0.2, 0.25) is 0 Å². The number of aryl methyl sites for hydroxylation is 1. The van der Waals surface area contributed by atoms with Crippen molar-refractivity contribution < 1.29 is 0 Å². The fourth-order valence-corrected chi connectivity index (χ4v) is 1.74. The molecule has 4 heteroatoms. The molecular formula is C9H16N4. The monoisotopic (exact) mass is 180 g/mol. The van der Waals surface area contributed by atoms with E-state index in [1.165, 1.54) is 5.56 Å². The van der Waals surface area contributed by atoms with Crippen LogP contribution in [0.5, 0.6) is 0 Å². The summed E-state index contributed by atoms with van der Waals surface area (Å²) in [6.07, 6.45) is 3.99. The van der Waals surface area contributed by atoms with Crippen LogP contribution in [0.1, 0.15) is 18.5 Å². The van der Waals surface area contributed by atoms with Crippen molar-refractivity contribution in [3.63, 3.8) is 0 Å². The quantitative estimate of drug-likeness (QED) is 0.641. The predicted molar refractivity (Wildman–Crippen MR) is 51.4 cm³/mol. The van der Waals surface area contributed by atoms with Crippen molar-refractivity contribution in [2.75, 3.05) is 13.1 Å². The lowest BCUT2D eigenvalue weighted by Crippen LogP contribution is -2.48. The largest absolute Gasteiger partial charge is 0.313 e. The van der Waals surface area contributed by atoms with Gasteiger partial charge in [-0.2, -0.15) is 5.10 Å². The highest BCUT2D eigenvalue weighted by molar-refractivity contribution is 5.12. The Kier molecular flexibility index (Phi) is 2.33. The number of aromatic nitrogens is 2. The van der Waals surface area contributed by atoms with Crippen LogP contribution in [-0.4, -0.2) is 28.9 Å². The summed E-state index contributed by atoms with van der Waals surface area (Å²) in [6.45, 7) is 4.24. The minimum atomic E-state index is 0.414. The van der Waals surface area contributed by atoms with E-state index in [0.29, 0.717) is 12.1 Å².